The van der Waals surface area contributed by atoms with Crippen LogP contribution in [0.15, 0.2) is 53.0 Å². The van der Waals surface area contributed by atoms with E-state index in [1.807, 2.05) is 55.5 Å². The van der Waals surface area contributed by atoms with Gasteiger partial charge in [-0.2, -0.15) is 0 Å². The van der Waals surface area contributed by atoms with E-state index in [2.05, 4.69) is 21.2 Å². The van der Waals surface area contributed by atoms with Crippen molar-refractivity contribution in [2.45, 2.75) is 32.9 Å². The number of amides is 1. The predicted octanol–water partition coefficient (Wildman–Crippen LogP) is 4.46. The van der Waals surface area contributed by atoms with Crippen molar-refractivity contribution in [3.05, 3.63) is 64.1 Å². The number of halogens is 1. The Labute approximate surface area is 157 Å². The van der Waals surface area contributed by atoms with E-state index in [4.69, 9.17) is 9.47 Å². The van der Waals surface area contributed by atoms with Gasteiger partial charge in [0.05, 0.1) is 13.2 Å². The summed E-state index contributed by atoms with van der Waals surface area (Å²) in [5.74, 6) is 0.846. The van der Waals surface area contributed by atoms with Gasteiger partial charge < -0.3 is 14.8 Å². The Bertz CT molecular complexity index is 658. The molecule has 0 aromatic heterocycles. The highest BCUT2D eigenvalue weighted by Gasteiger charge is 2.03. The molecule has 0 atom stereocenters. The van der Waals surface area contributed by atoms with Crippen LogP contribution in [0.4, 0.5) is 0 Å². The molecule has 0 heterocycles. The highest BCUT2D eigenvalue weighted by atomic mass is 79.9. The van der Waals surface area contributed by atoms with Crippen LogP contribution < -0.4 is 10.1 Å². The largest absolute Gasteiger partial charge is 0.494 e. The summed E-state index contributed by atoms with van der Waals surface area (Å²) in [4.78, 5) is 11.9. The van der Waals surface area contributed by atoms with Crippen LogP contribution in [-0.4, -0.2) is 19.1 Å². The summed E-state index contributed by atoms with van der Waals surface area (Å²) in [7, 11) is 0. The molecular weight excluding hydrogens is 382 g/mol. The Kier molecular flexibility index (Phi) is 8.49. The quantitative estimate of drug-likeness (QED) is 0.593. The van der Waals surface area contributed by atoms with E-state index in [-0.39, 0.29) is 5.91 Å². The fourth-order valence-corrected chi connectivity index (χ4v) is 2.62. The van der Waals surface area contributed by atoms with Crippen molar-refractivity contribution in [3.63, 3.8) is 0 Å². The number of ether oxygens (including phenoxy) is 2. The first-order valence-electron chi connectivity index (χ1n) is 8.48. The fraction of sp³-hybridized carbons (Fsp3) is 0.350. The molecule has 4 nitrogen and oxygen atoms in total. The molecule has 0 saturated carbocycles. The average Bonchev–Trinajstić information content (AvgIpc) is 2.63. The summed E-state index contributed by atoms with van der Waals surface area (Å²) in [6.07, 6.45) is 1.14. The lowest BCUT2D eigenvalue weighted by Gasteiger charge is -2.08. The van der Waals surface area contributed by atoms with Crippen molar-refractivity contribution in [1.82, 2.24) is 5.32 Å². The van der Waals surface area contributed by atoms with Crippen LogP contribution >= 0.6 is 15.9 Å². The highest BCUT2D eigenvalue weighted by molar-refractivity contribution is 9.10. The maximum Gasteiger partial charge on any atom is 0.220 e. The van der Waals surface area contributed by atoms with Gasteiger partial charge in [-0.25, -0.2) is 0 Å². The van der Waals surface area contributed by atoms with E-state index in [0.717, 1.165) is 21.3 Å². The molecule has 0 aliphatic rings. The summed E-state index contributed by atoms with van der Waals surface area (Å²) in [6, 6.07) is 15.8. The summed E-state index contributed by atoms with van der Waals surface area (Å²) in [5.41, 5.74) is 2.22. The van der Waals surface area contributed by atoms with Gasteiger partial charge in [-0.1, -0.05) is 46.3 Å². The predicted molar refractivity (Wildman–Crippen MR) is 102 cm³/mol. The molecule has 0 bridgehead atoms. The van der Waals surface area contributed by atoms with Crippen molar-refractivity contribution in [1.29, 1.82) is 0 Å². The van der Waals surface area contributed by atoms with Crippen molar-refractivity contribution >= 4 is 21.8 Å². The maximum atomic E-state index is 11.9. The number of hydrogen-bond donors (Lipinski definition) is 1. The normalized spacial score (nSPS) is 10.5. The van der Waals surface area contributed by atoms with Gasteiger partial charge in [0.2, 0.25) is 5.91 Å². The van der Waals surface area contributed by atoms with E-state index < -0.39 is 0 Å². The molecule has 1 amide bonds. The van der Waals surface area contributed by atoms with Crippen LogP contribution in [0.3, 0.4) is 0 Å². The molecule has 0 saturated heterocycles. The van der Waals surface area contributed by atoms with E-state index in [0.29, 0.717) is 39.2 Å². The van der Waals surface area contributed by atoms with Crippen LogP contribution in [0.25, 0.3) is 0 Å². The highest BCUT2D eigenvalue weighted by Crippen LogP contribution is 2.17. The zero-order valence-electron chi connectivity index (χ0n) is 14.5. The van der Waals surface area contributed by atoms with E-state index >= 15 is 0 Å². The van der Waals surface area contributed by atoms with Crippen molar-refractivity contribution in [3.8, 4) is 5.75 Å². The first-order valence-corrected chi connectivity index (χ1v) is 9.27. The molecular formula is C20H24BrNO3. The van der Waals surface area contributed by atoms with Gasteiger partial charge in [-0.15, -0.1) is 0 Å². The second-order valence-electron chi connectivity index (χ2n) is 5.64. The summed E-state index contributed by atoms with van der Waals surface area (Å²) >= 11 is 3.40. The molecule has 0 aliphatic heterocycles. The molecule has 0 aliphatic carbocycles. The van der Waals surface area contributed by atoms with Crippen LogP contribution in [0, 0.1) is 0 Å². The Morgan fingerprint density at radius 2 is 1.88 bits per heavy atom. The zero-order chi connectivity index (χ0) is 17.9. The smallest absolute Gasteiger partial charge is 0.220 e. The van der Waals surface area contributed by atoms with E-state index in [1.165, 1.54) is 0 Å². The van der Waals surface area contributed by atoms with E-state index in [1.54, 1.807) is 0 Å². The molecule has 134 valence electrons. The Morgan fingerprint density at radius 3 is 2.60 bits per heavy atom. The minimum absolute atomic E-state index is 0.0382. The SMILES string of the molecule is CCOCc1ccc(CNC(=O)CCCOc2cccc(Br)c2)cc1. The standard InChI is InChI=1S/C20H24BrNO3/c1-2-24-15-17-10-8-16(9-11-17)14-22-20(23)7-4-12-25-19-6-3-5-18(21)13-19/h3,5-6,8-11,13H,2,4,7,12,14-15H2,1H3,(H,22,23). The molecule has 1 N–H and O–H groups in total. The summed E-state index contributed by atoms with van der Waals surface area (Å²) in [6.45, 7) is 4.38. The molecule has 0 unspecified atom stereocenters. The number of carbonyl (C=O) groups excluding carboxylic acids is 1. The molecule has 2 aromatic carbocycles. The number of hydrogen-bond acceptors (Lipinski definition) is 3. The molecule has 2 rings (SSSR count). The first-order chi connectivity index (χ1) is 12.2. The maximum absolute atomic E-state index is 11.9. The molecule has 2 aromatic rings. The second-order valence-corrected chi connectivity index (χ2v) is 6.56. The van der Waals surface area contributed by atoms with Gasteiger partial charge in [0, 0.05) is 24.0 Å². The molecule has 25 heavy (non-hydrogen) atoms. The van der Waals surface area contributed by atoms with Crippen LogP contribution in [0.5, 0.6) is 5.75 Å². The summed E-state index contributed by atoms with van der Waals surface area (Å²) < 4.78 is 12.0. The number of benzene rings is 2. The van der Waals surface area contributed by atoms with Crippen molar-refractivity contribution in [2.24, 2.45) is 0 Å². The second kappa shape index (κ2) is 10.9. The van der Waals surface area contributed by atoms with Gasteiger partial charge >= 0.3 is 0 Å². The average molecular weight is 406 g/mol. The number of carbonyl (C=O) groups is 1. The number of rotatable bonds is 10. The van der Waals surface area contributed by atoms with Gasteiger partial charge in [0.15, 0.2) is 0 Å². The minimum Gasteiger partial charge on any atom is -0.494 e. The zero-order valence-corrected chi connectivity index (χ0v) is 16.1. The lowest BCUT2D eigenvalue weighted by atomic mass is 10.1. The molecule has 0 fully saturated rings. The minimum atomic E-state index is 0.0382. The third kappa shape index (κ3) is 7.71. The lowest BCUT2D eigenvalue weighted by Crippen LogP contribution is -2.23. The monoisotopic (exact) mass is 405 g/mol. The Hall–Kier alpha value is -1.85. The van der Waals surface area contributed by atoms with Crippen molar-refractivity contribution in [2.75, 3.05) is 13.2 Å². The van der Waals surface area contributed by atoms with Gasteiger partial charge in [0.1, 0.15) is 5.75 Å². The molecule has 0 spiro atoms. The van der Waals surface area contributed by atoms with E-state index in [9.17, 15) is 4.79 Å². The fourth-order valence-electron chi connectivity index (χ4n) is 2.24. The number of nitrogens with one attached hydrogen (secondary N) is 1. The van der Waals surface area contributed by atoms with Crippen LogP contribution in [0.2, 0.25) is 0 Å². The van der Waals surface area contributed by atoms with Gasteiger partial charge in [-0.3, -0.25) is 4.79 Å². The third-order valence-electron chi connectivity index (χ3n) is 3.60. The Balaban J connectivity index is 1.62. The van der Waals surface area contributed by atoms with Gasteiger partial charge in [0.25, 0.3) is 0 Å². The molecule has 5 heteroatoms. The van der Waals surface area contributed by atoms with Crippen LogP contribution in [-0.2, 0) is 22.7 Å². The topological polar surface area (TPSA) is 47.6 Å². The molecule has 0 radical (unpaired) electrons. The lowest BCUT2D eigenvalue weighted by molar-refractivity contribution is -0.121. The van der Waals surface area contributed by atoms with Crippen LogP contribution in [0.1, 0.15) is 30.9 Å². The van der Waals surface area contributed by atoms with Crippen molar-refractivity contribution < 1.29 is 14.3 Å². The first kappa shape index (κ1) is 19.5. The Morgan fingerprint density at radius 1 is 1.12 bits per heavy atom. The third-order valence-corrected chi connectivity index (χ3v) is 4.09. The van der Waals surface area contributed by atoms with Gasteiger partial charge in [-0.05, 0) is 42.7 Å². The summed E-state index contributed by atoms with van der Waals surface area (Å²) in [5, 5.41) is 2.94.